The van der Waals surface area contributed by atoms with Crippen molar-refractivity contribution in [3.8, 4) is 16.9 Å². The third-order valence-electron chi connectivity index (χ3n) is 3.39. The third-order valence-corrected chi connectivity index (χ3v) is 3.39. The lowest BCUT2D eigenvalue weighted by atomic mass is 9.99. The SMILES string of the molecule is CCCCNC(=O)c1ccccc1-c1ccc(OC)cc1. The molecule has 0 fully saturated rings. The van der Waals surface area contributed by atoms with Crippen LogP contribution in [0.3, 0.4) is 0 Å². The van der Waals surface area contributed by atoms with Gasteiger partial charge in [0.15, 0.2) is 0 Å². The lowest BCUT2D eigenvalue weighted by Gasteiger charge is -2.10. The van der Waals surface area contributed by atoms with Crippen LogP contribution in [0, 0.1) is 0 Å². The van der Waals surface area contributed by atoms with E-state index in [2.05, 4.69) is 12.2 Å². The average Bonchev–Trinajstić information content (AvgIpc) is 2.55. The summed E-state index contributed by atoms with van der Waals surface area (Å²) in [7, 11) is 1.64. The van der Waals surface area contributed by atoms with Gasteiger partial charge in [0.25, 0.3) is 5.91 Å². The third kappa shape index (κ3) is 3.85. The van der Waals surface area contributed by atoms with Gasteiger partial charge in [0.2, 0.25) is 0 Å². The highest BCUT2D eigenvalue weighted by atomic mass is 16.5. The highest BCUT2D eigenvalue weighted by Gasteiger charge is 2.11. The van der Waals surface area contributed by atoms with E-state index in [4.69, 9.17) is 4.74 Å². The zero-order valence-electron chi connectivity index (χ0n) is 12.6. The van der Waals surface area contributed by atoms with Crippen LogP contribution in [0.5, 0.6) is 5.75 Å². The van der Waals surface area contributed by atoms with Gasteiger partial charge in [0.05, 0.1) is 7.11 Å². The molecule has 0 saturated heterocycles. The van der Waals surface area contributed by atoms with Crippen LogP contribution in [0.1, 0.15) is 30.1 Å². The second-order valence-corrected chi connectivity index (χ2v) is 4.88. The number of hydrogen-bond acceptors (Lipinski definition) is 2. The highest BCUT2D eigenvalue weighted by molar-refractivity contribution is 6.00. The number of carbonyl (C=O) groups excluding carboxylic acids is 1. The van der Waals surface area contributed by atoms with Crippen LogP contribution in [0.4, 0.5) is 0 Å². The highest BCUT2D eigenvalue weighted by Crippen LogP contribution is 2.25. The molecule has 2 aromatic rings. The molecule has 2 rings (SSSR count). The van der Waals surface area contributed by atoms with Crippen molar-refractivity contribution < 1.29 is 9.53 Å². The molecule has 0 aromatic heterocycles. The fraction of sp³-hybridized carbons (Fsp3) is 0.278. The summed E-state index contributed by atoms with van der Waals surface area (Å²) in [6.07, 6.45) is 2.07. The first kappa shape index (κ1) is 15.1. The number of hydrogen-bond donors (Lipinski definition) is 1. The molecule has 0 atom stereocenters. The Bertz CT molecular complexity index is 590. The van der Waals surface area contributed by atoms with Gasteiger partial charge in [0, 0.05) is 12.1 Å². The first-order valence-electron chi connectivity index (χ1n) is 7.28. The van der Waals surface area contributed by atoms with Crippen LogP contribution in [0.15, 0.2) is 48.5 Å². The number of unbranched alkanes of at least 4 members (excludes halogenated alkanes) is 1. The number of rotatable bonds is 6. The van der Waals surface area contributed by atoms with E-state index in [1.54, 1.807) is 7.11 Å². The molecule has 0 aliphatic carbocycles. The van der Waals surface area contributed by atoms with Crippen molar-refractivity contribution in [2.45, 2.75) is 19.8 Å². The van der Waals surface area contributed by atoms with E-state index in [-0.39, 0.29) is 5.91 Å². The molecule has 0 spiro atoms. The van der Waals surface area contributed by atoms with Crippen LogP contribution in [-0.4, -0.2) is 19.6 Å². The van der Waals surface area contributed by atoms with E-state index >= 15 is 0 Å². The zero-order valence-corrected chi connectivity index (χ0v) is 12.6. The molecular formula is C18H21NO2. The van der Waals surface area contributed by atoms with Crippen molar-refractivity contribution in [2.24, 2.45) is 0 Å². The first-order chi connectivity index (χ1) is 10.3. The molecule has 0 saturated carbocycles. The monoisotopic (exact) mass is 283 g/mol. The number of carbonyl (C=O) groups is 1. The maximum atomic E-state index is 12.3. The smallest absolute Gasteiger partial charge is 0.251 e. The minimum absolute atomic E-state index is 0.0186. The molecule has 1 N–H and O–H groups in total. The molecule has 0 radical (unpaired) electrons. The van der Waals surface area contributed by atoms with Gasteiger partial charge in [-0.2, -0.15) is 0 Å². The molecular weight excluding hydrogens is 262 g/mol. The predicted octanol–water partition coefficient (Wildman–Crippen LogP) is 3.89. The summed E-state index contributed by atoms with van der Waals surface area (Å²) in [6.45, 7) is 2.82. The van der Waals surface area contributed by atoms with Gasteiger partial charge in [-0.25, -0.2) is 0 Å². The summed E-state index contributed by atoms with van der Waals surface area (Å²) in [5.74, 6) is 0.790. The molecule has 1 amide bonds. The average molecular weight is 283 g/mol. The van der Waals surface area contributed by atoms with Gasteiger partial charge in [-0.1, -0.05) is 43.7 Å². The van der Waals surface area contributed by atoms with Crippen molar-refractivity contribution in [3.63, 3.8) is 0 Å². The molecule has 21 heavy (non-hydrogen) atoms. The lowest BCUT2D eigenvalue weighted by Crippen LogP contribution is -2.24. The minimum atomic E-state index is -0.0186. The van der Waals surface area contributed by atoms with Gasteiger partial charge < -0.3 is 10.1 Å². The fourth-order valence-electron chi connectivity index (χ4n) is 2.18. The van der Waals surface area contributed by atoms with E-state index in [1.165, 1.54) is 0 Å². The summed E-state index contributed by atoms with van der Waals surface area (Å²) in [5, 5.41) is 2.97. The van der Waals surface area contributed by atoms with E-state index in [1.807, 2.05) is 48.5 Å². The standard InChI is InChI=1S/C18H21NO2/c1-3-4-13-19-18(20)17-8-6-5-7-16(17)14-9-11-15(21-2)12-10-14/h5-12H,3-4,13H2,1-2H3,(H,19,20). The topological polar surface area (TPSA) is 38.3 Å². The second kappa shape index (κ2) is 7.48. The van der Waals surface area contributed by atoms with Crippen molar-refractivity contribution in [2.75, 3.05) is 13.7 Å². The van der Waals surface area contributed by atoms with Crippen LogP contribution in [0.25, 0.3) is 11.1 Å². The van der Waals surface area contributed by atoms with E-state index in [0.717, 1.165) is 29.7 Å². The second-order valence-electron chi connectivity index (χ2n) is 4.88. The van der Waals surface area contributed by atoms with Gasteiger partial charge in [-0.05, 0) is 35.7 Å². The lowest BCUT2D eigenvalue weighted by molar-refractivity contribution is 0.0954. The fourth-order valence-corrected chi connectivity index (χ4v) is 2.18. The summed E-state index contributed by atoms with van der Waals surface area (Å²) in [6, 6.07) is 15.4. The van der Waals surface area contributed by atoms with E-state index in [0.29, 0.717) is 12.1 Å². The van der Waals surface area contributed by atoms with Crippen molar-refractivity contribution >= 4 is 5.91 Å². The Labute approximate surface area is 126 Å². The minimum Gasteiger partial charge on any atom is -0.497 e. The maximum absolute atomic E-state index is 12.3. The Kier molecular flexibility index (Phi) is 5.38. The summed E-state index contributed by atoms with van der Waals surface area (Å²) in [4.78, 5) is 12.3. The number of ether oxygens (including phenoxy) is 1. The molecule has 0 aliphatic rings. The van der Waals surface area contributed by atoms with Gasteiger partial charge in [-0.3, -0.25) is 4.79 Å². The van der Waals surface area contributed by atoms with Crippen LogP contribution >= 0.6 is 0 Å². The quantitative estimate of drug-likeness (QED) is 0.817. The van der Waals surface area contributed by atoms with Crippen LogP contribution < -0.4 is 10.1 Å². The van der Waals surface area contributed by atoms with Crippen LogP contribution in [-0.2, 0) is 0 Å². The van der Waals surface area contributed by atoms with Crippen LogP contribution in [0.2, 0.25) is 0 Å². The van der Waals surface area contributed by atoms with Crippen molar-refractivity contribution in [3.05, 3.63) is 54.1 Å². The molecule has 0 unspecified atom stereocenters. The number of methoxy groups -OCH3 is 1. The number of benzene rings is 2. The maximum Gasteiger partial charge on any atom is 0.251 e. The van der Waals surface area contributed by atoms with E-state index in [9.17, 15) is 4.79 Å². The Morgan fingerprint density at radius 1 is 1.10 bits per heavy atom. The molecule has 0 aliphatic heterocycles. The molecule has 0 bridgehead atoms. The van der Waals surface area contributed by atoms with Crippen molar-refractivity contribution in [1.29, 1.82) is 0 Å². The predicted molar refractivity (Wildman–Crippen MR) is 85.7 cm³/mol. The Balaban J connectivity index is 2.25. The van der Waals surface area contributed by atoms with Gasteiger partial charge in [0.1, 0.15) is 5.75 Å². The summed E-state index contributed by atoms with van der Waals surface area (Å²) >= 11 is 0. The van der Waals surface area contributed by atoms with Gasteiger partial charge in [-0.15, -0.1) is 0 Å². The Morgan fingerprint density at radius 3 is 2.48 bits per heavy atom. The Hall–Kier alpha value is -2.29. The van der Waals surface area contributed by atoms with Crippen molar-refractivity contribution in [1.82, 2.24) is 5.32 Å². The molecule has 0 heterocycles. The first-order valence-corrected chi connectivity index (χ1v) is 7.28. The number of amides is 1. The summed E-state index contributed by atoms with van der Waals surface area (Å²) in [5.41, 5.74) is 2.66. The molecule has 2 aromatic carbocycles. The Morgan fingerprint density at radius 2 is 1.81 bits per heavy atom. The molecule has 3 heteroatoms. The largest absolute Gasteiger partial charge is 0.497 e. The molecule has 3 nitrogen and oxygen atoms in total. The number of nitrogens with one attached hydrogen (secondary N) is 1. The van der Waals surface area contributed by atoms with Gasteiger partial charge >= 0.3 is 0 Å². The molecule has 110 valence electrons. The zero-order chi connectivity index (χ0) is 15.1. The summed E-state index contributed by atoms with van der Waals surface area (Å²) < 4.78 is 5.17. The normalized spacial score (nSPS) is 10.2. The van der Waals surface area contributed by atoms with E-state index < -0.39 is 0 Å².